The zero-order valence-electron chi connectivity index (χ0n) is 7.92. The monoisotopic (exact) mass is 273 g/mol. The van der Waals surface area contributed by atoms with E-state index < -0.39 is 0 Å². The number of halogens is 1. The van der Waals surface area contributed by atoms with Crippen LogP contribution in [0.5, 0.6) is 5.75 Å². The summed E-state index contributed by atoms with van der Waals surface area (Å²) in [6.45, 7) is 3.77. The second-order valence-corrected chi connectivity index (χ2v) is 4.85. The third-order valence-electron chi connectivity index (χ3n) is 1.57. The smallest absolute Gasteiger partial charge is 0.134 e. The Labute approximate surface area is 96.6 Å². The minimum absolute atomic E-state index is 0.712. The molecule has 0 atom stereocenters. The molecule has 1 rings (SSSR count). The number of methoxy groups -OCH3 is 1. The summed E-state index contributed by atoms with van der Waals surface area (Å²) >= 11 is 4.97. The number of anilines is 1. The first-order valence-corrected chi connectivity index (χ1v) is 5.81. The van der Waals surface area contributed by atoms with Crippen LogP contribution in [0.4, 0.5) is 5.69 Å². The predicted molar refractivity (Wildman–Crippen MR) is 66.2 cm³/mol. The lowest BCUT2D eigenvalue weighted by Crippen LogP contribution is -1.90. The molecular formula is C10H12BrNOS. The Morgan fingerprint density at radius 3 is 2.93 bits per heavy atom. The van der Waals surface area contributed by atoms with E-state index in [1.54, 1.807) is 18.9 Å². The van der Waals surface area contributed by atoms with E-state index in [1.807, 2.05) is 18.2 Å². The highest BCUT2D eigenvalue weighted by Crippen LogP contribution is 2.32. The molecule has 4 heteroatoms. The topological polar surface area (TPSA) is 35.2 Å². The van der Waals surface area contributed by atoms with Crippen LogP contribution >= 0.6 is 27.7 Å². The molecule has 0 spiro atoms. The maximum atomic E-state index is 5.64. The van der Waals surface area contributed by atoms with Gasteiger partial charge in [0.05, 0.1) is 7.11 Å². The quantitative estimate of drug-likeness (QED) is 0.676. The van der Waals surface area contributed by atoms with Crippen LogP contribution in [-0.2, 0) is 0 Å². The lowest BCUT2D eigenvalue weighted by molar-refractivity contribution is 0.405. The van der Waals surface area contributed by atoms with Crippen molar-refractivity contribution in [1.82, 2.24) is 0 Å². The molecule has 0 saturated heterocycles. The maximum Gasteiger partial charge on any atom is 0.134 e. The van der Waals surface area contributed by atoms with Gasteiger partial charge in [-0.05, 0) is 16.6 Å². The number of nitrogens with two attached hydrogens (primary N) is 1. The molecule has 1 aromatic carbocycles. The van der Waals surface area contributed by atoms with E-state index >= 15 is 0 Å². The molecular weight excluding hydrogens is 262 g/mol. The normalized spacial score (nSPS) is 9.86. The molecule has 0 unspecified atom stereocenters. The SMILES string of the molecule is C=C(Br)CSc1ccc(N)cc1OC. The van der Waals surface area contributed by atoms with Crippen LogP contribution in [0.15, 0.2) is 34.2 Å². The van der Waals surface area contributed by atoms with Crippen molar-refractivity contribution in [3.8, 4) is 5.75 Å². The lowest BCUT2D eigenvalue weighted by atomic mass is 10.3. The van der Waals surface area contributed by atoms with Crippen molar-refractivity contribution >= 4 is 33.4 Å². The van der Waals surface area contributed by atoms with Crippen LogP contribution in [0.2, 0.25) is 0 Å². The molecule has 0 aliphatic heterocycles. The Kier molecular flexibility index (Phi) is 4.35. The van der Waals surface area contributed by atoms with E-state index in [1.165, 1.54) is 0 Å². The molecule has 1 aromatic rings. The van der Waals surface area contributed by atoms with Crippen molar-refractivity contribution in [2.24, 2.45) is 0 Å². The molecule has 0 radical (unpaired) electrons. The first kappa shape index (κ1) is 11.5. The van der Waals surface area contributed by atoms with Crippen LogP contribution in [0.1, 0.15) is 0 Å². The summed E-state index contributed by atoms with van der Waals surface area (Å²) in [5.41, 5.74) is 6.35. The van der Waals surface area contributed by atoms with Gasteiger partial charge in [-0.3, -0.25) is 0 Å². The van der Waals surface area contributed by atoms with Gasteiger partial charge in [0.1, 0.15) is 5.75 Å². The molecule has 0 amide bonds. The first-order chi connectivity index (χ1) is 6.63. The number of thioether (sulfide) groups is 1. The summed E-state index contributed by atoms with van der Waals surface area (Å²) in [7, 11) is 1.64. The molecule has 0 saturated carbocycles. The first-order valence-electron chi connectivity index (χ1n) is 4.03. The molecule has 2 nitrogen and oxygen atoms in total. The maximum absolute atomic E-state index is 5.64. The second kappa shape index (κ2) is 5.32. The Morgan fingerprint density at radius 2 is 2.36 bits per heavy atom. The third kappa shape index (κ3) is 3.27. The van der Waals surface area contributed by atoms with E-state index in [4.69, 9.17) is 10.5 Å². The van der Waals surface area contributed by atoms with E-state index in [-0.39, 0.29) is 0 Å². The van der Waals surface area contributed by atoms with Crippen molar-refractivity contribution < 1.29 is 4.74 Å². The molecule has 0 bridgehead atoms. The minimum Gasteiger partial charge on any atom is -0.496 e. The highest BCUT2D eigenvalue weighted by atomic mass is 79.9. The van der Waals surface area contributed by atoms with Crippen molar-refractivity contribution in [1.29, 1.82) is 0 Å². The van der Waals surface area contributed by atoms with Gasteiger partial charge in [-0.25, -0.2) is 0 Å². The summed E-state index contributed by atoms with van der Waals surface area (Å²) in [6.07, 6.45) is 0. The van der Waals surface area contributed by atoms with Gasteiger partial charge in [-0.15, -0.1) is 11.8 Å². The fourth-order valence-electron chi connectivity index (χ4n) is 0.959. The Morgan fingerprint density at radius 1 is 1.64 bits per heavy atom. The summed E-state index contributed by atoms with van der Waals surface area (Å²) in [5.74, 6) is 1.63. The van der Waals surface area contributed by atoms with E-state index in [0.29, 0.717) is 5.69 Å². The van der Waals surface area contributed by atoms with Crippen LogP contribution in [0.25, 0.3) is 0 Å². The zero-order valence-corrected chi connectivity index (χ0v) is 10.3. The summed E-state index contributed by atoms with van der Waals surface area (Å²) in [6, 6.07) is 5.63. The molecule has 14 heavy (non-hydrogen) atoms. The van der Waals surface area contributed by atoms with Crippen molar-refractivity contribution in [2.75, 3.05) is 18.6 Å². The average Bonchev–Trinajstić information content (AvgIpc) is 2.15. The number of rotatable bonds is 4. The van der Waals surface area contributed by atoms with Gasteiger partial charge in [0.2, 0.25) is 0 Å². The van der Waals surface area contributed by atoms with Gasteiger partial charge in [-0.2, -0.15) is 0 Å². The Hall–Kier alpha value is -0.610. The predicted octanol–water partition coefficient (Wildman–Crippen LogP) is 3.28. The number of nitrogen functional groups attached to an aromatic ring is 1. The minimum atomic E-state index is 0.712. The van der Waals surface area contributed by atoms with Crippen LogP contribution < -0.4 is 10.5 Å². The van der Waals surface area contributed by atoms with E-state index in [9.17, 15) is 0 Å². The Bertz CT molecular complexity index is 341. The Balaban J connectivity index is 2.80. The molecule has 2 N–H and O–H groups in total. The molecule has 0 aliphatic rings. The van der Waals surface area contributed by atoms with Crippen LogP contribution in [-0.4, -0.2) is 12.9 Å². The van der Waals surface area contributed by atoms with E-state index in [2.05, 4.69) is 22.5 Å². The largest absolute Gasteiger partial charge is 0.496 e. The van der Waals surface area contributed by atoms with Gasteiger partial charge in [0, 0.05) is 22.4 Å². The number of benzene rings is 1. The van der Waals surface area contributed by atoms with Crippen molar-refractivity contribution in [3.63, 3.8) is 0 Å². The van der Waals surface area contributed by atoms with Gasteiger partial charge in [0.25, 0.3) is 0 Å². The molecule has 76 valence electrons. The van der Waals surface area contributed by atoms with Gasteiger partial charge in [0.15, 0.2) is 0 Å². The molecule has 0 aliphatic carbocycles. The summed E-state index contributed by atoms with van der Waals surface area (Å²) < 4.78 is 6.17. The highest BCUT2D eigenvalue weighted by Gasteiger charge is 2.03. The van der Waals surface area contributed by atoms with E-state index in [0.717, 1.165) is 20.9 Å². The molecule has 0 aromatic heterocycles. The highest BCUT2D eigenvalue weighted by molar-refractivity contribution is 9.11. The zero-order chi connectivity index (χ0) is 10.6. The van der Waals surface area contributed by atoms with Gasteiger partial charge < -0.3 is 10.5 Å². The second-order valence-electron chi connectivity index (χ2n) is 2.72. The van der Waals surface area contributed by atoms with Crippen LogP contribution in [0.3, 0.4) is 0 Å². The molecule has 0 heterocycles. The van der Waals surface area contributed by atoms with Gasteiger partial charge >= 0.3 is 0 Å². The molecule has 0 fully saturated rings. The number of ether oxygens (including phenoxy) is 1. The van der Waals surface area contributed by atoms with Gasteiger partial charge in [-0.1, -0.05) is 22.5 Å². The summed E-state index contributed by atoms with van der Waals surface area (Å²) in [4.78, 5) is 1.07. The number of hydrogen-bond acceptors (Lipinski definition) is 3. The number of hydrogen-bond donors (Lipinski definition) is 1. The van der Waals surface area contributed by atoms with Crippen molar-refractivity contribution in [3.05, 3.63) is 29.3 Å². The third-order valence-corrected chi connectivity index (χ3v) is 3.36. The lowest BCUT2D eigenvalue weighted by Gasteiger charge is -2.08. The average molecular weight is 274 g/mol. The van der Waals surface area contributed by atoms with Crippen molar-refractivity contribution in [2.45, 2.75) is 4.90 Å². The summed E-state index contributed by atoms with van der Waals surface area (Å²) in [5, 5.41) is 0. The van der Waals surface area contributed by atoms with Crippen LogP contribution in [0, 0.1) is 0 Å². The fourth-order valence-corrected chi connectivity index (χ4v) is 2.06. The fraction of sp³-hybridized carbons (Fsp3) is 0.200. The standard InChI is InChI=1S/C10H12BrNOS/c1-7(11)6-14-10-4-3-8(12)5-9(10)13-2/h3-5H,1,6,12H2,2H3.